The molecule has 0 aromatic carbocycles. The maximum Gasteiger partial charge on any atom is 0.178 e. The maximum absolute atomic E-state index is 5.39. The third-order valence-corrected chi connectivity index (χ3v) is 3.96. The number of fused-ring (bicyclic) bond motifs is 1. The highest BCUT2D eigenvalue weighted by Crippen LogP contribution is 2.20. The van der Waals surface area contributed by atoms with E-state index >= 15 is 0 Å². The lowest BCUT2D eigenvalue weighted by Gasteiger charge is -2.29. The van der Waals surface area contributed by atoms with Crippen molar-refractivity contribution in [2.24, 2.45) is 0 Å². The van der Waals surface area contributed by atoms with Crippen LogP contribution in [0.2, 0.25) is 0 Å². The van der Waals surface area contributed by atoms with Crippen LogP contribution >= 0.6 is 0 Å². The summed E-state index contributed by atoms with van der Waals surface area (Å²) in [6.07, 6.45) is 0. The number of ether oxygens (including phenoxy) is 1. The fourth-order valence-corrected chi connectivity index (χ4v) is 2.80. The van der Waals surface area contributed by atoms with Crippen LogP contribution in [0.5, 0.6) is 0 Å². The van der Waals surface area contributed by atoms with Crippen molar-refractivity contribution in [2.75, 3.05) is 38.2 Å². The summed E-state index contributed by atoms with van der Waals surface area (Å²) in [4.78, 5) is 2.42. The molecule has 0 amide bonds. The van der Waals surface area contributed by atoms with E-state index < -0.39 is 0 Å². The number of aromatic nitrogens is 4. The van der Waals surface area contributed by atoms with Gasteiger partial charge in [-0.1, -0.05) is 20.8 Å². The molecule has 0 aliphatic carbocycles. The van der Waals surface area contributed by atoms with Gasteiger partial charge in [-0.2, -0.15) is 4.52 Å². The van der Waals surface area contributed by atoms with Crippen LogP contribution in [0.25, 0.3) is 5.65 Å². The van der Waals surface area contributed by atoms with Crippen molar-refractivity contribution in [1.29, 1.82) is 0 Å². The molecule has 3 rings (SSSR count). The molecule has 0 saturated carbocycles. The molecule has 1 atom stereocenters. The zero-order valence-corrected chi connectivity index (χ0v) is 14.4. The summed E-state index contributed by atoms with van der Waals surface area (Å²) in [6, 6.07) is 4.23. The summed E-state index contributed by atoms with van der Waals surface area (Å²) in [5.74, 6) is 1.72. The molecule has 2 aromatic heterocycles. The van der Waals surface area contributed by atoms with E-state index in [-0.39, 0.29) is 5.41 Å². The van der Waals surface area contributed by atoms with Crippen molar-refractivity contribution in [3.05, 3.63) is 18.0 Å². The van der Waals surface area contributed by atoms with Crippen LogP contribution in [0.3, 0.4) is 0 Å². The van der Waals surface area contributed by atoms with Crippen LogP contribution in [-0.4, -0.2) is 63.6 Å². The van der Waals surface area contributed by atoms with Gasteiger partial charge in [0.05, 0.1) is 13.2 Å². The number of hydrogen-bond donors (Lipinski definition) is 1. The smallest absolute Gasteiger partial charge is 0.178 e. The standard InChI is InChI=1S/C16H26N6O/c1-12(11-21-7-9-23-10-8-21)17-13-5-6-14-18-19-15(16(2,3)4)22(14)20-13/h5-6,12H,7-11H2,1-4H3,(H,17,20). The SMILES string of the molecule is CC(CN1CCOCC1)Nc1ccc2nnc(C(C)(C)C)n2n1. The Morgan fingerprint density at radius 3 is 2.65 bits per heavy atom. The van der Waals surface area contributed by atoms with E-state index in [2.05, 4.69) is 53.2 Å². The molecule has 1 unspecified atom stereocenters. The highest BCUT2D eigenvalue weighted by molar-refractivity contribution is 5.44. The third-order valence-electron chi connectivity index (χ3n) is 3.96. The first kappa shape index (κ1) is 16.1. The average Bonchev–Trinajstić information content (AvgIpc) is 2.91. The van der Waals surface area contributed by atoms with Crippen molar-refractivity contribution in [3.63, 3.8) is 0 Å². The van der Waals surface area contributed by atoms with Crippen LogP contribution in [0.15, 0.2) is 12.1 Å². The van der Waals surface area contributed by atoms with E-state index in [0.717, 1.165) is 50.1 Å². The quantitative estimate of drug-likeness (QED) is 0.922. The molecule has 1 N–H and O–H groups in total. The highest BCUT2D eigenvalue weighted by atomic mass is 16.5. The van der Waals surface area contributed by atoms with Gasteiger partial charge in [0, 0.05) is 31.1 Å². The number of anilines is 1. The Kier molecular flexibility index (Phi) is 4.50. The molecule has 7 nitrogen and oxygen atoms in total. The van der Waals surface area contributed by atoms with Gasteiger partial charge in [0.25, 0.3) is 0 Å². The van der Waals surface area contributed by atoms with Crippen molar-refractivity contribution in [3.8, 4) is 0 Å². The molecule has 0 bridgehead atoms. The minimum Gasteiger partial charge on any atom is -0.379 e. The second-order valence-electron chi connectivity index (χ2n) is 7.22. The maximum atomic E-state index is 5.39. The topological polar surface area (TPSA) is 67.6 Å². The molecule has 23 heavy (non-hydrogen) atoms. The van der Waals surface area contributed by atoms with Gasteiger partial charge in [-0.3, -0.25) is 4.90 Å². The Morgan fingerprint density at radius 1 is 1.22 bits per heavy atom. The van der Waals surface area contributed by atoms with Crippen molar-refractivity contribution >= 4 is 11.5 Å². The van der Waals surface area contributed by atoms with Gasteiger partial charge in [-0.15, -0.1) is 15.3 Å². The van der Waals surface area contributed by atoms with E-state index in [9.17, 15) is 0 Å². The number of nitrogens with one attached hydrogen (secondary N) is 1. The summed E-state index contributed by atoms with van der Waals surface area (Å²) in [5, 5.41) is 16.6. The first-order valence-corrected chi connectivity index (χ1v) is 8.23. The first-order valence-electron chi connectivity index (χ1n) is 8.23. The van der Waals surface area contributed by atoms with Crippen LogP contribution < -0.4 is 5.32 Å². The second kappa shape index (κ2) is 6.41. The predicted molar refractivity (Wildman–Crippen MR) is 89.8 cm³/mol. The summed E-state index contributed by atoms with van der Waals surface area (Å²) in [6.45, 7) is 13.2. The molecule has 1 saturated heterocycles. The van der Waals surface area contributed by atoms with E-state index in [0.29, 0.717) is 6.04 Å². The molecule has 3 heterocycles. The van der Waals surface area contributed by atoms with E-state index in [4.69, 9.17) is 4.74 Å². The van der Waals surface area contributed by atoms with Gasteiger partial charge >= 0.3 is 0 Å². The third kappa shape index (κ3) is 3.79. The minimum absolute atomic E-state index is 0.0928. The lowest BCUT2D eigenvalue weighted by molar-refractivity contribution is 0.0368. The largest absolute Gasteiger partial charge is 0.379 e. The zero-order chi connectivity index (χ0) is 16.4. The molecule has 1 aliphatic heterocycles. The van der Waals surface area contributed by atoms with Crippen LogP contribution in [0.1, 0.15) is 33.5 Å². The lowest BCUT2D eigenvalue weighted by atomic mass is 9.96. The highest BCUT2D eigenvalue weighted by Gasteiger charge is 2.22. The van der Waals surface area contributed by atoms with Crippen LogP contribution in [0.4, 0.5) is 5.82 Å². The fourth-order valence-electron chi connectivity index (χ4n) is 2.80. The summed E-state index contributed by atoms with van der Waals surface area (Å²) >= 11 is 0. The zero-order valence-electron chi connectivity index (χ0n) is 14.4. The average molecular weight is 318 g/mol. The fraction of sp³-hybridized carbons (Fsp3) is 0.688. The normalized spacial score (nSPS) is 18.3. The Balaban J connectivity index is 1.72. The van der Waals surface area contributed by atoms with Crippen molar-refractivity contribution in [2.45, 2.75) is 39.2 Å². The number of hydrogen-bond acceptors (Lipinski definition) is 6. The van der Waals surface area contributed by atoms with E-state index in [1.807, 2.05) is 16.6 Å². The van der Waals surface area contributed by atoms with Gasteiger partial charge in [-0.25, -0.2) is 0 Å². The lowest BCUT2D eigenvalue weighted by Crippen LogP contribution is -2.42. The molecular weight excluding hydrogens is 292 g/mol. The summed E-state index contributed by atoms with van der Waals surface area (Å²) < 4.78 is 7.23. The van der Waals surface area contributed by atoms with Gasteiger partial charge in [0.15, 0.2) is 11.5 Å². The van der Waals surface area contributed by atoms with Crippen molar-refractivity contribution < 1.29 is 4.74 Å². The predicted octanol–water partition coefficient (Wildman–Crippen LogP) is 1.55. The van der Waals surface area contributed by atoms with Gasteiger partial charge in [0.2, 0.25) is 0 Å². The number of morpholine rings is 1. The van der Waals surface area contributed by atoms with Crippen LogP contribution in [-0.2, 0) is 10.2 Å². The summed E-state index contributed by atoms with van der Waals surface area (Å²) in [7, 11) is 0. The Hall–Kier alpha value is -1.73. The van der Waals surface area contributed by atoms with Gasteiger partial charge in [-0.05, 0) is 19.1 Å². The van der Waals surface area contributed by atoms with Crippen LogP contribution in [0, 0.1) is 0 Å². The van der Waals surface area contributed by atoms with Crippen molar-refractivity contribution in [1.82, 2.24) is 24.7 Å². The van der Waals surface area contributed by atoms with E-state index in [1.54, 1.807) is 0 Å². The first-order chi connectivity index (χ1) is 10.9. The Bertz CT molecular complexity index is 656. The minimum atomic E-state index is -0.0928. The molecule has 126 valence electrons. The number of rotatable bonds is 4. The van der Waals surface area contributed by atoms with E-state index in [1.165, 1.54) is 0 Å². The Labute approximate surface area is 137 Å². The molecule has 0 spiro atoms. The second-order valence-corrected chi connectivity index (χ2v) is 7.22. The number of nitrogens with zero attached hydrogens (tertiary/aromatic N) is 5. The molecule has 1 fully saturated rings. The Morgan fingerprint density at radius 2 is 1.96 bits per heavy atom. The summed E-state index contributed by atoms with van der Waals surface area (Å²) in [5.41, 5.74) is 0.686. The molecule has 7 heteroatoms. The molecule has 0 radical (unpaired) electrons. The van der Waals surface area contributed by atoms with Gasteiger partial charge < -0.3 is 10.1 Å². The molecule has 1 aliphatic rings. The molecule has 2 aromatic rings. The van der Waals surface area contributed by atoms with Gasteiger partial charge in [0.1, 0.15) is 5.82 Å². The monoisotopic (exact) mass is 318 g/mol. The molecular formula is C16H26N6O.